The molecule has 142 valence electrons. The van der Waals surface area contributed by atoms with E-state index in [1.54, 1.807) is 12.3 Å². The maximum atomic E-state index is 12.1. The third-order valence-electron chi connectivity index (χ3n) is 4.78. The number of nitrogens with one attached hydrogen (secondary N) is 3. The SMILES string of the molecule is O=C(Nc1ccc(Nc2ccc3c(c2)OCCO3)cn1)NC1CCCCC1. The van der Waals surface area contributed by atoms with Crippen LogP contribution in [0.15, 0.2) is 36.5 Å². The Kier molecular flexibility index (Phi) is 5.27. The van der Waals surface area contributed by atoms with Gasteiger partial charge < -0.3 is 20.1 Å². The largest absolute Gasteiger partial charge is 0.486 e. The van der Waals surface area contributed by atoms with Crippen LogP contribution in [0, 0.1) is 0 Å². The quantitative estimate of drug-likeness (QED) is 0.758. The fraction of sp³-hybridized carbons (Fsp3) is 0.400. The predicted octanol–water partition coefficient (Wildman–Crippen LogP) is 4.05. The normalized spacial score (nSPS) is 16.4. The highest BCUT2D eigenvalue weighted by molar-refractivity contribution is 5.88. The first kappa shape index (κ1) is 17.5. The Labute approximate surface area is 158 Å². The van der Waals surface area contributed by atoms with E-state index < -0.39 is 0 Å². The Morgan fingerprint density at radius 1 is 0.963 bits per heavy atom. The second kappa shape index (κ2) is 8.16. The van der Waals surface area contributed by atoms with Crippen LogP contribution in [0.2, 0.25) is 0 Å². The van der Waals surface area contributed by atoms with Crippen LogP contribution in [0.5, 0.6) is 11.5 Å². The second-order valence-electron chi connectivity index (χ2n) is 6.85. The van der Waals surface area contributed by atoms with Crippen LogP contribution in [0.3, 0.4) is 0 Å². The molecule has 2 aromatic rings. The number of urea groups is 1. The molecule has 2 heterocycles. The van der Waals surface area contributed by atoms with E-state index in [0.29, 0.717) is 19.0 Å². The molecule has 1 fully saturated rings. The molecule has 0 unspecified atom stereocenters. The molecule has 2 aliphatic rings. The van der Waals surface area contributed by atoms with Gasteiger partial charge in [-0.25, -0.2) is 9.78 Å². The standard InChI is InChI=1S/C20H24N4O3/c25-20(23-14-4-2-1-3-5-14)24-19-9-7-16(13-21-19)22-15-6-8-17-18(12-15)27-11-10-26-17/h6-9,12-14,22H,1-5,10-11H2,(H2,21,23,24,25). The fourth-order valence-corrected chi connectivity index (χ4v) is 3.41. The Hall–Kier alpha value is -2.96. The van der Waals surface area contributed by atoms with Crippen molar-refractivity contribution in [3.63, 3.8) is 0 Å². The van der Waals surface area contributed by atoms with Gasteiger partial charge in [-0.05, 0) is 37.1 Å². The van der Waals surface area contributed by atoms with Crippen molar-refractivity contribution in [2.24, 2.45) is 0 Å². The van der Waals surface area contributed by atoms with Crippen molar-refractivity contribution in [1.29, 1.82) is 0 Å². The number of pyridine rings is 1. The molecular formula is C20H24N4O3. The molecule has 0 radical (unpaired) electrons. The van der Waals surface area contributed by atoms with Crippen molar-refractivity contribution < 1.29 is 14.3 Å². The van der Waals surface area contributed by atoms with E-state index in [1.165, 1.54) is 19.3 Å². The van der Waals surface area contributed by atoms with Crippen molar-refractivity contribution in [1.82, 2.24) is 10.3 Å². The maximum Gasteiger partial charge on any atom is 0.320 e. The van der Waals surface area contributed by atoms with E-state index in [2.05, 4.69) is 20.9 Å². The van der Waals surface area contributed by atoms with Crippen molar-refractivity contribution in [2.75, 3.05) is 23.8 Å². The van der Waals surface area contributed by atoms with Gasteiger partial charge in [-0.2, -0.15) is 0 Å². The number of aromatic nitrogens is 1. The first-order chi connectivity index (χ1) is 13.3. The molecule has 0 atom stereocenters. The first-order valence-corrected chi connectivity index (χ1v) is 9.46. The van der Waals surface area contributed by atoms with Gasteiger partial charge in [-0.15, -0.1) is 0 Å². The van der Waals surface area contributed by atoms with Crippen LogP contribution in [-0.4, -0.2) is 30.3 Å². The monoisotopic (exact) mass is 368 g/mol. The Morgan fingerprint density at radius 3 is 2.52 bits per heavy atom. The summed E-state index contributed by atoms with van der Waals surface area (Å²) in [5.74, 6) is 2.02. The molecule has 0 bridgehead atoms. The van der Waals surface area contributed by atoms with Gasteiger partial charge >= 0.3 is 6.03 Å². The minimum absolute atomic E-state index is 0.193. The molecule has 7 nitrogen and oxygen atoms in total. The molecule has 7 heteroatoms. The number of hydrogen-bond acceptors (Lipinski definition) is 5. The summed E-state index contributed by atoms with van der Waals surface area (Å²) < 4.78 is 11.1. The minimum Gasteiger partial charge on any atom is -0.486 e. The van der Waals surface area contributed by atoms with Crippen molar-refractivity contribution >= 4 is 23.2 Å². The average molecular weight is 368 g/mol. The van der Waals surface area contributed by atoms with Gasteiger partial charge in [0.1, 0.15) is 19.0 Å². The molecule has 1 aromatic carbocycles. The number of amides is 2. The van der Waals surface area contributed by atoms with Gasteiger partial charge in [-0.1, -0.05) is 19.3 Å². The number of benzene rings is 1. The van der Waals surface area contributed by atoms with Crippen LogP contribution in [0.4, 0.5) is 22.0 Å². The molecule has 3 N–H and O–H groups in total. The lowest BCUT2D eigenvalue weighted by Crippen LogP contribution is -2.39. The summed E-state index contributed by atoms with van der Waals surface area (Å²) in [6.07, 6.45) is 7.43. The molecule has 27 heavy (non-hydrogen) atoms. The van der Waals surface area contributed by atoms with E-state index in [-0.39, 0.29) is 12.1 Å². The number of ether oxygens (including phenoxy) is 2. The number of fused-ring (bicyclic) bond motifs is 1. The third kappa shape index (κ3) is 4.61. The van der Waals surface area contributed by atoms with Gasteiger partial charge in [0.15, 0.2) is 11.5 Å². The summed E-state index contributed by atoms with van der Waals surface area (Å²) in [5, 5.41) is 9.09. The van der Waals surface area contributed by atoms with Crippen molar-refractivity contribution in [3.05, 3.63) is 36.5 Å². The van der Waals surface area contributed by atoms with Gasteiger partial charge in [0.25, 0.3) is 0 Å². The number of anilines is 3. The zero-order valence-electron chi connectivity index (χ0n) is 15.2. The number of carbonyl (C=O) groups excluding carboxylic acids is 1. The van der Waals surface area contributed by atoms with Crippen LogP contribution < -0.4 is 25.4 Å². The zero-order chi connectivity index (χ0) is 18.5. The smallest absolute Gasteiger partial charge is 0.320 e. The molecule has 0 spiro atoms. The van der Waals surface area contributed by atoms with E-state index in [0.717, 1.165) is 35.7 Å². The summed E-state index contributed by atoms with van der Waals surface area (Å²) in [4.78, 5) is 16.4. The van der Waals surface area contributed by atoms with Crippen LogP contribution in [0.25, 0.3) is 0 Å². The van der Waals surface area contributed by atoms with E-state index in [4.69, 9.17) is 9.47 Å². The lowest BCUT2D eigenvalue weighted by atomic mass is 9.96. The summed E-state index contributed by atoms with van der Waals surface area (Å²) in [6.45, 7) is 1.13. The third-order valence-corrected chi connectivity index (χ3v) is 4.78. The highest BCUT2D eigenvalue weighted by Crippen LogP contribution is 2.33. The summed E-state index contributed by atoms with van der Waals surface area (Å²) >= 11 is 0. The molecule has 2 amide bonds. The van der Waals surface area contributed by atoms with Gasteiger partial charge in [0.2, 0.25) is 0 Å². The fourth-order valence-electron chi connectivity index (χ4n) is 3.41. The molecule has 0 saturated heterocycles. The van der Waals surface area contributed by atoms with Crippen molar-refractivity contribution in [3.8, 4) is 11.5 Å². The number of hydrogen-bond donors (Lipinski definition) is 3. The average Bonchev–Trinajstić information content (AvgIpc) is 2.70. The highest BCUT2D eigenvalue weighted by Gasteiger charge is 2.16. The van der Waals surface area contributed by atoms with Crippen LogP contribution in [0.1, 0.15) is 32.1 Å². The summed E-state index contributed by atoms with van der Waals surface area (Å²) in [6, 6.07) is 9.45. The topological polar surface area (TPSA) is 84.5 Å². The lowest BCUT2D eigenvalue weighted by molar-refractivity contribution is 0.171. The predicted molar refractivity (Wildman–Crippen MR) is 104 cm³/mol. The molecule has 1 saturated carbocycles. The number of nitrogens with zero attached hydrogens (tertiary/aromatic N) is 1. The molecular weight excluding hydrogens is 344 g/mol. The maximum absolute atomic E-state index is 12.1. The second-order valence-corrected chi connectivity index (χ2v) is 6.85. The minimum atomic E-state index is -0.193. The number of carbonyl (C=O) groups is 1. The Morgan fingerprint density at radius 2 is 1.74 bits per heavy atom. The van der Waals surface area contributed by atoms with E-state index >= 15 is 0 Å². The summed E-state index contributed by atoms with van der Waals surface area (Å²) in [5.41, 5.74) is 1.71. The van der Waals surface area contributed by atoms with Gasteiger partial charge in [0, 0.05) is 17.8 Å². The first-order valence-electron chi connectivity index (χ1n) is 9.46. The molecule has 1 aromatic heterocycles. The van der Waals surface area contributed by atoms with Crippen LogP contribution in [-0.2, 0) is 0 Å². The van der Waals surface area contributed by atoms with Gasteiger partial charge in [-0.3, -0.25) is 5.32 Å². The molecule has 1 aliphatic heterocycles. The van der Waals surface area contributed by atoms with E-state index in [1.807, 2.05) is 24.3 Å². The number of rotatable bonds is 4. The highest BCUT2D eigenvalue weighted by atomic mass is 16.6. The van der Waals surface area contributed by atoms with E-state index in [9.17, 15) is 4.79 Å². The van der Waals surface area contributed by atoms with Crippen molar-refractivity contribution in [2.45, 2.75) is 38.1 Å². The Balaban J connectivity index is 1.32. The summed E-state index contributed by atoms with van der Waals surface area (Å²) in [7, 11) is 0. The van der Waals surface area contributed by atoms with Crippen LogP contribution >= 0.6 is 0 Å². The Bertz CT molecular complexity index is 788. The lowest BCUT2D eigenvalue weighted by Gasteiger charge is -2.22. The molecule has 1 aliphatic carbocycles. The van der Waals surface area contributed by atoms with Gasteiger partial charge in [0.05, 0.1) is 11.9 Å². The molecule has 4 rings (SSSR count). The zero-order valence-corrected chi connectivity index (χ0v) is 15.2.